The van der Waals surface area contributed by atoms with Gasteiger partial charge in [0.05, 0.1) is 4.90 Å². The van der Waals surface area contributed by atoms with E-state index in [1.54, 1.807) is 17.9 Å². The number of hydrogen-bond donors (Lipinski definition) is 1. The van der Waals surface area contributed by atoms with Crippen LogP contribution in [-0.4, -0.2) is 32.3 Å². The van der Waals surface area contributed by atoms with Crippen molar-refractivity contribution in [2.24, 2.45) is 17.0 Å². The van der Waals surface area contributed by atoms with E-state index in [2.05, 4.69) is 29.8 Å². The average molecular weight is 375 g/mol. The summed E-state index contributed by atoms with van der Waals surface area (Å²) in [6.07, 6.45) is 0. The van der Waals surface area contributed by atoms with Gasteiger partial charge in [-0.25, -0.2) is 13.6 Å². The van der Waals surface area contributed by atoms with Gasteiger partial charge in [0.15, 0.2) is 0 Å². The molecule has 21 heavy (non-hydrogen) atoms. The SMILES string of the molecule is Cc1c(Br)cc(C(=O)N2CC(C)C(C)C2)cc1S(N)(=O)=O. The van der Waals surface area contributed by atoms with E-state index in [1.807, 2.05) is 0 Å². The van der Waals surface area contributed by atoms with Crippen LogP contribution in [0.3, 0.4) is 0 Å². The molecule has 1 aromatic carbocycles. The summed E-state index contributed by atoms with van der Waals surface area (Å²) in [6.45, 7) is 7.25. The average Bonchev–Trinajstić information content (AvgIpc) is 2.70. The summed E-state index contributed by atoms with van der Waals surface area (Å²) in [6, 6.07) is 3.02. The molecule has 1 aliphatic rings. The van der Waals surface area contributed by atoms with Gasteiger partial charge >= 0.3 is 0 Å². The maximum absolute atomic E-state index is 12.6. The molecule has 2 rings (SSSR count). The normalized spacial score (nSPS) is 22.6. The van der Waals surface area contributed by atoms with Gasteiger partial charge in [-0.2, -0.15) is 0 Å². The van der Waals surface area contributed by atoms with E-state index in [-0.39, 0.29) is 10.8 Å². The molecule has 0 aromatic heterocycles. The van der Waals surface area contributed by atoms with Gasteiger partial charge in [0, 0.05) is 23.1 Å². The van der Waals surface area contributed by atoms with Gasteiger partial charge < -0.3 is 4.90 Å². The zero-order valence-electron chi connectivity index (χ0n) is 12.3. The largest absolute Gasteiger partial charge is 0.338 e. The van der Waals surface area contributed by atoms with Gasteiger partial charge in [-0.15, -0.1) is 0 Å². The van der Waals surface area contributed by atoms with Crippen LogP contribution in [-0.2, 0) is 10.0 Å². The van der Waals surface area contributed by atoms with E-state index in [9.17, 15) is 13.2 Å². The highest BCUT2D eigenvalue weighted by molar-refractivity contribution is 9.10. The number of carbonyl (C=O) groups is 1. The molecule has 7 heteroatoms. The monoisotopic (exact) mass is 374 g/mol. The number of halogens is 1. The van der Waals surface area contributed by atoms with Crippen LogP contribution < -0.4 is 5.14 Å². The Morgan fingerprint density at radius 1 is 1.29 bits per heavy atom. The highest BCUT2D eigenvalue weighted by atomic mass is 79.9. The van der Waals surface area contributed by atoms with Gasteiger partial charge in [-0.3, -0.25) is 4.79 Å². The van der Waals surface area contributed by atoms with Crippen LogP contribution in [0.4, 0.5) is 0 Å². The van der Waals surface area contributed by atoms with Crippen molar-refractivity contribution in [1.82, 2.24) is 4.90 Å². The summed E-state index contributed by atoms with van der Waals surface area (Å²) in [5.41, 5.74) is 0.856. The van der Waals surface area contributed by atoms with Crippen molar-refractivity contribution in [2.45, 2.75) is 25.7 Å². The third-order valence-electron chi connectivity index (χ3n) is 4.13. The number of rotatable bonds is 2. The minimum atomic E-state index is -3.86. The van der Waals surface area contributed by atoms with Crippen LogP contribution in [0.1, 0.15) is 29.8 Å². The molecule has 1 fully saturated rings. The Balaban J connectivity index is 2.42. The van der Waals surface area contributed by atoms with Crippen molar-refractivity contribution < 1.29 is 13.2 Å². The molecule has 0 radical (unpaired) electrons. The van der Waals surface area contributed by atoms with Gasteiger partial charge in [0.25, 0.3) is 5.91 Å². The van der Waals surface area contributed by atoms with E-state index in [1.165, 1.54) is 6.07 Å². The molecular weight excluding hydrogens is 356 g/mol. The molecule has 0 aliphatic carbocycles. The van der Waals surface area contributed by atoms with E-state index in [0.717, 1.165) is 0 Å². The van der Waals surface area contributed by atoms with Crippen molar-refractivity contribution >= 4 is 31.9 Å². The van der Waals surface area contributed by atoms with E-state index < -0.39 is 10.0 Å². The van der Waals surface area contributed by atoms with Crippen LogP contribution >= 0.6 is 15.9 Å². The van der Waals surface area contributed by atoms with Gasteiger partial charge in [0.2, 0.25) is 10.0 Å². The zero-order chi connectivity index (χ0) is 15.9. The highest BCUT2D eigenvalue weighted by Gasteiger charge is 2.30. The lowest BCUT2D eigenvalue weighted by Crippen LogP contribution is -2.29. The van der Waals surface area contributed by atoms with Crippen molar-refractivity contribution in [3.8, 4) is 0 Å². The molecule has 0 saturated carbocycles. The first-order chi connectivity index (χ1) is 9.61. The Hall–Kier alpha value is -0.920. The third-order valence-corrected chi connectivity index (χ3v) is 5.99. The van der Waals surface area contributed by atoms with Crippen molar-refractivity contribution in [3.05, 3.63) is 27.7 Å². The van der Waals surface area contributed by atoms with Crippen molar-refractivity contribution in [1.29, 1.82) is 0 Å². The number of benzene rings is 1. The molecule has 2 atom stereocenters. The molecule has 1 aliphatic heterocycles. The molecule has 2 N–H and O–H groups in total. The maximum Gasteiger partial charge on any atom is 0.253 e. The Morgan fingerprint density at radius 3 is 2.29 bits per heavy atom. The first-order valence-corrected chi connectivity index (χ1v) is 9.07. The number of primary sulfonamides is 1. The number of carbonyl (C=O) groups excluding carboxylic acids is 1. The second kappa shape index (κ2) is 5.70. The molecule has 1 heterocycles. The minimum Gasteiger partial charge on any atom is -0.338 e. The lowest BCUT2D eigenvalue weighted by molar-refractivity contribution is 0.0784. The van der Waals surface area contributed by atoms with E-state index >= 15 is 0 Å². The fourth-order valence-electron chi connectivity index (χ4n) is 2.55. The minimum absolute atomic E-state index is 0.0134. The molecule has 1 amide bonds. The summed E-state index contributed by atoms with van der Waals surface area (Å²) in [4.78, 5) is 14.3. The molecular formula is C14H19BrN2O3S. The van der Waals surface area contributed by atoms with Crippen LogP contribution in [0.2, 0.25) is 0 Å². The number of hydrogen-bond acceptors (Lipinski definition) is 3. The molecule has 116 valence electrons. The molecule has 5 nitrogen and oxygen atoms in total. The lowest BCUT2D eigenvalue weighted by atomic mass is 10.0. The quantitative estimate of drug-likeness (QED) is 0.860. The van der Waals surface area contributed by atoms with Gasteiger partial charge in [-0.05, 0) is 36.5 Å². The standard InChI is InChI=1S/C14H19BrN2O3S/c1-8-6-17(7-9(8)2)14(18)11-4-12(15)10(3)13(5-11)21(16,19)20/h4-5,8-9H,6-7H2,1-3H3,(H2,16,19,20). The number of likely N-dealkylation sites (tertiary alicyclic amines) is 1. The molecule has 0 bridgehead atoms. The van der Waals surface area contributed by atoms with Crippen molar-refractivity contribution in [3.63, 3.8) is 0 Å². The predicted octanol–water partition coefficient (Wildman–Crippen LogP) is 2.13. The topological polar surface area (TPSA) is 80.5 Å². The molecule has 1 aromatic rings. The fourth-order valence-corrected chi connectivity index (χ4v) is 3.97. The fraction of sp³-hybridized carbons (Fsp3) is 0.500. The Kier molecular flexibility index (Phi) is 4.46. The first-order valence-electron chi connectivity index (χ1n) is 6.73. The Morgan fingerprint density at radius 2 is 1.81 bits per heavy atom. The molecule has 0 spiro atoms. The smallest absolute Gasteiger partial charge is 0.253 e. The summed E-state index contributed by atoms with van der Waals surface area (Å²) >= 11 is 3.30. The van der Waals surface area contributed by atoms with Gasteiger partial charge in [-0.1, -0.05) is 29.8 Å². The Labute approximate surface area is 133 Å². The van der Waals surface area contributed by atoms with E-state index in [4.69, 9.17) is 5.14 Å². The summed E-state index contributed by atoms with van der Waals surface area (Å²) in [5.74, 6) is 0.734. The summed E-state index contributed by atoms with van der Waals surface area (Å²) < 4.78 is 23.8. The second-order valence-corrected chi connectivity index (χ2v) is 8.18. The van der Waals surface area contributed by atoms with Crippen molar-refractivity contribution in [2.75, 3.05) is 13.1 Å². The van der Waals surface area contributed by atoms with Crippen LogP contribution in [0.15, 0.2) is 21.5 Å². The van der Waals surface area contributed by atoms with Crippen LogP contribution in [0.25, 0.3) is 0 Å². The second-order valence-electron chi connectivity index (χ2n) is 5.79. The first kappa shape index (κ1) is 16.5. The number of nitrogens with zero attached hydrogens (tertiary/aromatic N) is 1. The summed E-state index contributed by atoms with van der Waals surface area (Å²) in [5, 5.41) is 5.22. The maximum atomic E-state index is 12.6. The van der Waals surface area contributed by atoms with Gasteiger partial charge in [0.1, 0.15) is 0 Å². The lowest BCUT2D eigenvalue weighted by Gasteiger charge is -2.17. The number of amides is 1. The van der Waals surface area contributed by atoms with E-state index in [0.29, 0.717) is 40.5 Å². The highest BCUT2D eigenvalue weighted by Crippen LogP contribution is 2.28. The summed E-state index contributed by atoms with van der Waals surface area (Å²) in [7, 11) is -3.86. The van der Waals surface area contributed by atoms with Crippen LogP contribution in [0, 0.1) is 18.8 Å². The van der Waals surface area contributed by atoms with Crippen LogP contribution in [0.5, 0.6) is 0 Å². The zero-order valence-corrected chi connectivity index (χ0v) is 14.7. The molecule has 1 saturated heterocycles. The molecule has 2 unspecified atom stereocenters. The Bertz CT molecular complexity index is 678. The predicted molar refractivity (Wildman–Crippen MR) is 84.5 cm³/mol. The number of sulfonamides is 1. The number of nitrogens with two attached hydrogens (primary N) is 1. The third kappa shape index (κ3) is 3.30.